The monoisotopic (exact) mass is 421 g/mol. The lowest BCUT2D eigenvalue weighted by Gasteiger charge is -2.16. The van der Waals surface area contributed by atoms with Crippen molar-refractivity contribution in [3.05, 3.63) is 82.0 Å². The predicted octanol–water partition coefficient (Wildman–Crippen LogP) is 2.96. The Hall–Kier alpha value is -3.58. The summed E-state index contributed by atoms with van der Waals surface area (Å²) in [4.78, 5) is 27.4. The molecule has 2 heterocycles. The van der Waals surface area contributed by atoms with Crippen LogP contribution < -0.4 is 11.3 Å². The van der Waals surface area contributed by atoms with Crippen molar-refractivity contribution in [2.75, 3.05) is 7.05 Å². The largest absolute Gasteiger partial charge is 0.386 e. The molecule has 0 aliphatic heterocycles. The number of nitrogens with zero attached hydrogens (tertiary/aromatic N) is 4. The first-order chi connectivity index (χ1) is 14.3. The van der Waals surface area contributed by atoms with Crippen LogP contribution >= 0.6 is 11.6 Å². The first-order valence-electron chi connectivity index (χ1n) is 9.25. The number of halogens is 1. The Morgan fingerprint density at radius 2 is 1.93 bits per heavy atom. The van der Waals surface area contributed by atoms with Gasteiger partial charge in [-0.15, -0.1) is 0 Å². The Kier molecular flexibility index (Phi) is 4.83. The van der Waals surface area contributed by atoms with Crippen LogP contribution in [0.2, 0.25) is 5.02 Å². The molecule has 7 nitrogen and oxygen atoms in total. The van der Waals surface area contributed by atoms with Crippen molar-refractivity contribution in [2.24, 2.45) is 12.8 Å². The van der Waals surface area contributed by atoms with Crippen molar-refractivity contribution in [3.8, 4) is 5.69 Å². The van der Waals surface area contributed by atoms with Crippen LogP contribution in [0.25, 0.3) is 27.5 Å². The third-order valence-electron chi connectivity index (χ3n) is 5.19. The normalized spacial score (nSPS) is 11.2. The fourth-order valence-electron chi connectivity index (χ4n) is 3.56. The molecule has 30 heavy (non-hydrogen) atoms. The zero-order valence-corrected chi connectivity index (χ0v) is 17.3. The minimum absolute atomic E-state index is 0.0436. The number of hydrogen-bond acceptors (Lipinski definition) is 4. The van der Waals surface area contributed by atoms with Gasteiger partial charge in [0, 0.05) is 29.9 Å². The molecule has 0 aliphatic carbocycles. The molecular formula is C22H20ClN5O2. The summed E-state index contributed by atoms with van der Waals surface area (Å²) < 4.78 is 3.11. The smallest absolute Gasteiger partial charge is 0.296 e. The van der Waals surface area contributed by atoms with E-state index in [4.69, 9.17) is 17.3 Å². The summed E-state index contributed by atoms with van der Waals surface area (Å²) in [5.74, 6) is -0.141. The van der Waals surface area contributed by atoms with Crippen molar-refractivity contribution >= 4 is 39.3 Å². The molecule has 8 heteroatoms. The van der Waals surface area contributed by atoms with Gasteiger partial charge in [0.05, 0.1) is 29.1 Å². The maximum atomic E-state index is 13.4. The van der Waals surface area contributed by atoms with E-state index >= 15 is 0 Å². The summed E-state index contributed by atoms with van der Waals surface area (Å²) in [6.07, 6.45) is -0.0436. The van der Waals surface area contributed by atoms with Gasteiger partial charge in [-0.05, 0) is 24.3 Å². The van der Waals surface area contributed by atoms with Gasteiger partial charge in [0.15, 0.2) is 0 Å². The first kappa shape index (κ1) is 19.7. The summed E-state index contributed by atoms with van der Waals surface area (Å²) in [5.41, 5.74) is 7.71. The average Bonchev–Trinajstić information content (AvgIpc) is 3.02. The molecule has 0 radical (unpaired) electrons. The molecule has 0 fully saturated rings. The Morgan fingerprint density at radius 1 is 1.23 bits per heavy atom. The van der Waals surface area contributed by atoms with Gasteiger partial charge < -0.3 is 15.2 Å². The SMILES string of the molecule is C=C(N)N(C)C(=O)Cc1nn(-c2ccccc2)c(=O)c2c1c1ccc(Cl)cc1n2C. The lowest BCUT2D eigenvalue weighted by molar-refractivity contribution is -0.127. The number of likely N-dealkylation sites (N-methyl/N-ethyl adjacent to an activating group) is 1. The fourth-order valence-corrected chi connectivity index (χ4v) is 3.72. The number of carbonyl (C=O) groups excluding carboxylic acids is 1. The van der Waals surface area contributed by atoms with Gasteiger partial charge >= 0.3 is 0 Å². The molecule has 2 aromatic heterocycles. The van der Waals surface area contributed by atoms with Crippen molar-refractivity contribution in [3.63, 3.8) is 0 Å². The second-order valence-corrected chi connectivity index (χ2v) is 7.50. The highest BCUT2D eigenvalue weighted by molar-refractivity contribution is 6.31. The number of hydrogen-bond donors (Lipinski definition) is 1. The molecule has 4 aromatic rings. The van der Waals surface area contributed by atoms with Crippen molar-refractivity contribution in [1.82, 2.24) is 19.2 Å². The number of aryl methyl sites for hydroxylation is 1. The summed E-state index contributed by atoms with van der Waals surface area (Å²) in [6.45, 7) is 3.61. The lowest BCUT2D eigenvalue weighted by Crippen LogP contribution is -2.32. The van der Waals surface area contributed by atoms with E-state index in [1.54, 1.807) is 42.9 Å². The number of benzene rings is 2. The van der Waals surface area contributed by atoms with Crippen LogP contribution in [0, 0.1) is 0 Å². The van der Waals surface area contributed by atoms with Gasteiger partial charge in [0.1, 0.15) is 5.52 Å². The number of nitrogens with two attached hydrogens (primary N) is 1. The Morgan fingerprint density at radius 3 is 2.60 bits per heavy atom. The number of amides is 1. The average molecular weight is 422 g/mol. The zero-order chi connectivity index (χ0) is 21.6. The van der Waals surface area contributed by atoms with Crippen LogP contribution in [0.5, 0.6) is 0 Å². The van der Waals surface area contributed by atoms with Crippen LogP contribution in [0.1, 0.15) is 5.69 Å². The Balaban J connectivity index is 2.07. The van der Waals surface area contributed by atoms with E-state index in [0.717, 1.165) is 10.9 Å². The highest BCUT2D eigenvalue weighted by atomic mass is 35.5. The fraction of sp³-hybridized carbons (Fsp3) is 0.136. The van der Waals surface area contributed by atoms with Crippen LogP contribution in [-0.4, -0.2) is 32.2 Å². The van der Waals surface area contributed by atoms with Crippen LogP contribution in [0.15, 0.2) is 65.7 Å². The van der Waals surface area contributed by atoms with E-state index in [-0.39, 0.29) is 23.7 Å². The van der Waals surface area contributed by atoms with Gasteiger partial charge in [0.25, 0.3) is 5.56 Å². The molecule has 4 rings (SSSR count). The lowest BCUT2D eigenvalue weighted by atomic mass is 10.1. The molecule has 0 saturated heterocycles. The van der Waals surface area contributed by atoms with Gasteiger partial charge in [-0.1, -0.05) is 42.4 Å². The van der Waals surface area contributed by atoms with Crippen molar-refractivity contribution in [1.29, 1.82) is 0 Å². The second kappa shape index (κ2) is 7.35. The highest BCUT2D eigenvalue weighted by Crippen LogP contribution is 2.30. The molecule has 0 atom stereocenters. The summed E-state index contributed by atoms with van der Waals surface area (Å²) in [7, 11) is 3.36. The van der Waals surface area contributed by atoms with Crippen LogP contribution in [-0.2, 0) is 18.3 Å². The molecule has 0 unspecified atom stereocenters. The third-order valence-corrected chi connectivity index (χ3v) is 5.43. The molecular weight excluding hydrogens is 402 g/mol. The molecule has 1 amide bonds. The molecule has 0 spiro atoms. The van der Waals surface area contributed by atoms with E-state index in [2.05, 4.69) is 11.7 Å². The standard InChI is InChI=1S/C22H20ClN5O2/c1-13(24)26(2)19(29)12-17-20-16-10-9-14(23)11-18(16)27(3)21(20)22(30)28(25-17)15-7-5-4-6-8-15/h4-11H,1,12,24H2,2-3H3. The molecule has 0 aliphatic rings. The van der Waals surface area contributed by atoms with Gasteiger partial charge in [-0.2, -0.15) is 9.78 Å². The van der Waals surface area contributed by atoms with E-state index < -0.39 is 0 Å². The van der Waals surface area contributed by atoms with Crippen molar-refractivity contribution < 1.29 is 4.79 Å². The van der Waals surface area contributed by atoms with E-state index in [1.807, 2.05) is 24.3 Å². The topological polar surface area (TPSA) is 86.2 Å². The van der Waals surface area contributed by atoms with E-state index in [0.29, 0.717) is 27.3 Å². The predicted molar refractivity (Wildman–Crippen MR) is 119 cm³/mol. The maximum Gasteiger partial charge on any atom is 0.296 e. The quantitative estimate of drug-likeness (QED) is 0.549. The highest BCUT2D eigenvalue weighted by Gasteiger charge is 2.22. The second-order valence-electron chi connectivity index (χ2n) is 7.06. The van der Waals surface area contributed by atoms with Crippen LogP contribution in [0.3, 0.4) is 0 Å². The number of fused-ring (bicyclic) bond motifs is 3. The van der Waals surface area contributed by atoms with Gasteiger partial charge in [-0.25, -0.2) is 0 Å². The van der Waals surface area contributed by atoms with Crippen molar-refractivity contribution in [2.45, 2.75) is 6.42 Å². The molecule has 0 bridgehead atoms. The minimum atomic E-state index is -0.279. The summed E-state index contributed by atoms with van der Waals surface area (Å²) in [6, 6.07) is 14.5. The van der Waals surface area contributed by atoms with Gasteiger partial charge in [-0.3, -0.25) is 9.59 Å². The summed E-state index contributed by atoms with van der Waals surface area (Å²) in [5, 5.41) is 6.57. The van der Waals surface area contributed by atoms with Gasteiger partial charge in [0.2, 0.25) is 5.91 Å². The molecule has 152 valence electrons. The summed E-state index contributed by atoms with van der Waals surface area (Å²) >= 11 is 6.19. The third kappa shape index (κ3) is 3.13. The molecule has 2 N–H and O–H groups in total. The Bertz CT molecular complexity index is 1370. The Labute approximate surface area is 177 Å². The van der Waals surface area contributed by atoms with E-state index in [1.165, 1.54) is 9.58 Å². The molecule has 2 aromatic carbocycles. The minimum Gasteiger partial charge on any atom is -0.386 e. The molecule has 0 saturated carbocycles. The first-order valence-corrected chi connectivity index (χ1v) is 9.63. The number of para-hydroxylation sites is 1. The van der Waals surface area contributed by atoms with Crippen LogP contribution in [0.4, 0.5) is 0 Å². The zero-order valence-electron chi connectivity index (χ0n) is 16.6. The maximum absolute atomic E-state index is 13.4. The number of rotatable bonds is 4. The number of aromatic nitrogens is 3. The van der Waals surface area contributed by atoms with E-state index in [9.17, 15) is 9.59 Å². The number of carbonyl (C=O) groups is 1.